The van der Waals surface area contributed by atoms with Gasteiger partial charge in [0.25, 0.3) is 0 Å². The molecule has 1 amide bonds. The quantitative estimate of drug-likeness (QED) is 0.673. The molecule has 0 saturated heterocycles. The van der Waals surface area contributed by atoms with Gasteiger partial charge in [0.1, 0.15) is 5.75 Å². The Balaban J connectivity index is 1.98. The molecule has 0 heterocycles. The minimum atomic E-state index is -3.44. The van der Waals surface area contributed by atoms with Gasteiger partial charge in [-0.25, -0.2) is 8.42 Å². The van der Waals surface area contributed by atoms with E-state index in [1.807, 2.05) is 57.2 Å². The van der Waals surface area contributed by atoms with Gasteiger partial charge in [-0.2, -0.15) is 0 Å². The van der Waals surface area contributed by atoms with Gasteiger partial charge in [0.05, 0.1) is 25.1 Å². The van der Waals surface area contributed by atoms with Gasteiger partial charge in [0.2, 0.25) is 15.9 Å². The largest absolute Gasteiger partial charge is 0.496 e. The van der Waals surface area contributed by atoms with Crippen molar-refractivity contribution in [2.45, 2.75) is 39.7 Å². The molecule has 0 fully saturated rings. The average molecular weight is 419 g/mol. The number of anilines is 1. The van der Waals surface area contributed by atoms with Crippen molar-refractivity contribution in [1.82, 2.24) is 5.32 Å². The number of benzene rings is 2. The maximum Gasteiger partial charge on any atom is 0.232 e. The molecule has 0 aliphatic carbocycles. The second-order valence-corrected chi connectivity index (χ2v) is 9.15. The van der Waals surface area contributed by atoms with E-state index in [4.69, 9.17) is 4.74 Å². The molecule has 1 atom stereocenters. The number of rotatable bonds is 9. The molecular weight excluding hydrogens is 388 g/mol. The molecule has 0 saturated carbocycles. The summed E-state index contributed by atoms with van der Waals surface area (Å²) in [5.41, 5.74) is 3.65. The Morgan fingerprint density at radius 1 is 1.14 bits per heavy atom. The van der Waals surface area contributed by atoms with Crippen molar-refractivity contribution >= 4 is 21.6 Å². The van der Waals surface area contributed by atoms with Crippen LogP contribution in [0.5, 0.6) is 5.75 Å². The summed E-state index contributed by atoms with van der Waals surface area (Å²) in [7, 11) is -1.84. The number of hydrogen-bond acceptors (Lipinski definition) is 4. The van der Waals surface area contributed by atoms with E-state index >= 15 is 0 Å². The highest BCUT2D eigenvalue weighted by atomic mass is 32.2. The van der Waals surface area contributed by atoms with Crippen molar-refractivity contribution in [2.24, 2.45) is 0 Å². The molecule has 1 N–H and O–H groups in total. The van der Waals surface area contributed by atoms with Crippen LogP contribution in [0.15, 0.2) is 42.5 Å². The summed E-state index contributed by atoms with van der Waals surface area (Å²) in [6.45, 7) is 6.08. The first-order chi connectivity index (χ1) is 13.6. The number of nitrogens with zero attached hydrogens (tertiary/aromatic N) is 1. The third-order valence-electron chi connectivity index (χ3n) is 4.93. The van der Waals surface area contributed by atoms with Crippen molar-refractivity contribution in [3.05, 3.63) is 59.2 Å². The molecule has 0 spiro atoms. The van der Waals surface area contributed by atoms with Crippen molar-refractivity contribution in [3.8, 4) is 5.75 Å². The summed E-state index contributed by atoms with van der Waals surface area (Å²) >= 11 is 0. The van der Waals surface area contributed by atoms with Gasteiger partial charge < -0.3 is 10.1 Å². The van der Waals surface area contributed by atoms with Crippen LogP contribution in [-0.2, 0) is 14.8 Å². The second-order valence-electron chi connectivity index (χ2n) is 7.24. The summed E-state index contributed by atoms with van der Waals surface area (Å²) in [5.74, 6) is 0.593. The van der Waals surface area contributed by atoms with E-state index in [2.05, 4.69) is 5.32 Å². The van der Waals surface area contributed by atoms with Gasteiger partial charge in [-0.1, -0.05) is 24.3 Å². The highest BCUT2D eigenvalue weighted by Gasteiger charge is 2.19. The lowest BCUT2D eigenvalue weighted by Gasteiger charge is -2.23. The van der Waals surface area contributed by atoms with Gasteiger partial charge >= 0.3 is 0 Å². The normalized spacial score (nSPS) is 12.3. The maximum atomic E-state index is 12.4. The first-order valence-corrected chi connectivity index (χ1v) is 11.5. The Hall–Kier alpha value is -2.54. The van der Waals surface area contributed by atoms with Crippen LogP contribution >= 0.6 is 0 Å². The van der Waals surface area contributed by atoms with Gasteiger partial charge in [0, 0.05) is 18.5 Å². The van der Waals surface area contributed by atoms with Crippen molar-refractivity contribution in [2.75, 3.05) is 24.2 Å². The van der Waals surface area contributed by atoms with E-state index < -0.39 is 10.0 Å². The summed E-state index contributed by atoms with van der Waals surface area (Å²) in [6.07, 6.45) is 1.84. The molecule has 158 valence electrons. The smallest absolute Gasteiger partial charge is 0.232 e. The second kappa shape index (κ2) is 9.78. The average Bonchev–Trinajstić information content (AvgIpc) is 2.66. The van der Waals surface area contributed by atoms with E-state index in [0.717, 1.165) is 22.4 Å². The van der Waals surface area contributed by atoms with Gasteiger partial charge in [-0.05, 0) is 56.5 Å². The van der Waals surface area contributed by atoms with Gasteiger partial charge in [-0.15, -0.1) is 0 Å². The van der Waals surface area contributed by atoms with Crippen LogP contribution in [-0.4, -0.2) is 34.2 Å². The molecule has 0 aliphatic heterocycles. The highest BCUT2D eigenvalue weighted by Crippen LogP contribution is 2.25. The molecule has 7 heteroatoms. The first kappa shape index (κ1) is 22.7. The van der Waals surface area contributed by atoms with Crippen LogP contribution in [0, 0.1) is 13.8 Å². The number of carbonyl (C=O) groups is 1. The lowest BCUT2D eigenvalue weighted by atomic mass is 10.1. The molecule has 2 aromatic rings. The van der Waals surface area contributed by atoms with Crippen LogP contribution in [0.1, 0.15) is 42.5 Å². The Morgan fingerprint density at radius 3 is 2.45 bits per heavy atom. The topological polar surface area (TPSA) is 75.7 Å². The minimum absolute atomic E-state index is 0.128. The van der Waals surface area contributed by atoms with E-state index in [-0.39, 0.29) is 24.9 Å². The lowest BCUT2D eigenvalue weighted by Crippen LogP contribution is -2.32. The maximum absolute atomic E-state index is 12.4. The summed E-state index contributed by atoms with van der Waals surface area (Å²) in [5, 5.41) is 2.95. The molecule has 0 unspecified atom stereocenters. The number of para-hydroxylation sites is 1. The predicted octanol–water partition coefficient (Wildman–Crippen LogP) is 3.74. The number of ether oxygens (including phenoxy) is 1. The van der Waals surface area contributed by atoms with E-state index in [9.17, 15) is 13.2 Å². The number of aryl methyl sites for hydroxylation is 2. The van der Waals surface area contributed by atoms with Crippen LogP contribution in [0.4, 0.5) is 5.69 Å². The molecule has 0 aromatic heterocycles. The fourth-order valence-corrected chi connectivity index (χ4v) is 4.12. The number of sulfonamides is 1. The summed E-state index contributed by atoms with van der Waals surface area (Å²) in [4.78, 5) is 12.4. The molecular formula is C22H30N2O4S. The van der Waals surface area contributed by atoms with Gasteiger partial charge in [0.15, 0.2) is 0 Å². The molecule has 2 aromatic carbocycles. The zero-order valence-electron chi connectivity index (χ0n) is 17.7. The predicted molar refractivity (Wildman–Crippen MR) is 117 cm³/mol. The van der Waals surface area contributed by atoms with Gasteiger partial charge in [-0.3, -0.25) is 9.10 Å². The fourth-order valence-electron chi connectivity index (χ4n) is 3.17. The number of amides is 1. The van der Waals surface area contributed by atoms with Crippen LogP contribution in [0.25, 0.3) is 0 Å². The molecule has 0 bridgehead atoms. The van der Waals surface area contributed by atoms with Crippen LogP contribution in [0.3, 0.4) is 0 Å². The van der Waals surface area contributed by atoms with E-state index in [0.29, 0.717) is 12.1 Å². The Bertz CT molecular complexity index is 957. The zero-order valence-corrected chi connectivity index (χ0v) is 18.5. The number of hydrogen-bond donors (Lipinski definition) is 1. The third-order valence-corrected chi connectivity index (χ3v) is 6.12. The number of nitrogens with one attached hydrogen (secondary N) is 1. The molecule has 29 heavy (non-hydrogen) atoms. The third kappa shape index (κ3) is 6.22. The van der Waals surface area contributed by atoms with Crippen molar-refractivity contribution in [3.63, 3.8) is 0 Å². The van der Waals surface area contributed by atoms with Crippen molar-refractivity contribution < 1.29 is 17.9 Å². The summed E-state index contributed by atoms with van der Waals surface area (Å²) < 4.78 is 31.2. The van der Waals surface area contributed by atoms with Crippen molar-refractivity contribution in [1.29, 1.82) is 0 Å². The monoisotopic (exact) mass is 418 g/mol. The molecule has 2 rings (SSSR count). The molecule has 6 nitrogen and oxygen atoms in total. The highest BCUT2D eigenvalue weighted by molar-refractivity contribution is 7.92. The Morgan fingerprint density at radius 2 is 1.83 bits per heavy atom. The van der Waals surface area contributed by atoms with Crippen LogP contribution in [0.2, 0.25) is 0 Å². The first-order valence-electron chi connectivity index (χ1n) is 9.60. The summed E-state index contributed by atoms with van der Waals surface area (Å²) in [6, 6.07) is 12.9. The molecule has 0 aliphatic rings. The van der Waals surface area contributed by atoms with Crippen LogP contribution < -0.4 is 14.4 Å². The lowest BCUT2D eigenvalue weighted by molar-refractivity contribution is -0.121. The van der Waals surface area contributed by atoms with E-state index in [1.54, 1.807) is 13.2 Å². The standard InChI is InChI=1S/C22H30N2O4S/c1-16-12-13-19(15-17(16)2)24(29(5,26)27)14-8-11-22(25)23-18(3)20-9-6-7-10-21(20)28-4/h6-7,9-10,12-13,15,18H,8,11,14H2,1-5H3,(H,23,25)/t18-/m1/s1. The number of methoxy groups -OCH3 is 1. The fraction of sp³-hybridized carbons (Fsp3) is 0.409. The Kier molecular flexibility index (Phi) is 7.67. The number of carbonyl (C=O) groups excluding carboxylic acids is 1. The zero-order chi connectivity index (χ0) is 21.6. The minimum Gasteiger partial charge on any atom is -0.496 e. The Labute approximate surface area is 173 Å². The van der Waals surface area contributed by atoms with E-state index in [1.165, 1.54) is 10.6 Å². The molecule has 0 radical (unpaired) electrons. The SMILES string of the molecule is COc1ccccc1[C@@H](C)NC(=O)CCCN(c1ccc(C)c(C)c1)S(C)(=O)=O.